The number of H-pyrrole nitrogens is 1. The van der Waals surface area contributed by atoms with Gasteiger partial charge in [0.25, 0.3) is 5.91 Å². The zero-order chi connectivity index (χ0) is 21.3. The molecule has 0 saturated carbocycles. The molecule has 0 atom stereocenters. The van der Waals surface area contributed by atoms with Crippen molar-refractivity contribution in [1.29, 1.82) is 0 Å². The van der Waals surface area contributed by atoms with Gasteiger partial charge in [-0.3, -0.25) is 4.79 Å². The minimum atomic E-state index is -0.00537. The van der Waals surface area contributed by atoms with Crippen molar-refractivity contribution in [2.75, 3.05) is 42.1 Å². The number of benzene rings is 1. The number of amides is 1. The monoisotopic (exact) mass is 406 g/mol. The Morgan fingerprint density at radius 1 is 1.20 bits per heavy atom. The van der Waals surface area contributed by atoms with Gasteiger partial charge in [-0.15, -0.1) is 0 Å². The van der Waals surface area contributed by atoms with Gasteiger partial charge in [0.1, 0.15) is 5.69 Å². The summed E-state index contributed by atoms with van der Waals surface area (Å²) in [6.07, 6.45) is 2.84. The van der Waals surface area contributed by atoms with E-state index in [1.165, 1.54) is 0 Å². The fourth-order valence-corrected chi connectivity index (χ4v) is 3.76. The van der Waals surface area contributed by atoms with Crippen molar-refractivity contribution in [3.63, 3.8) is 0 Å². The molecule has 7 nitrogen and oxygen atoms in total. The standard InChI is InChI=1S/C23H30N6O/c1-4-23(2,3)27-19-6-5-9-25-21(19)28-10-12-29(13-11-28)22(30)20-15-16-14-17(24)7-8-18(16)26-20/h5-9,14-15,26-27H,4,10-13,24H2,1-3H3. The van der Waals surface area contributed by atoms with Crippen molar-refractivity contribution in [3.8, 4) is 0 Å². The number of anilines is 3. The van der Waals surface area contributed by atoms with Crippen LogP contribution in [-0.2, 0) is 0 Å². The number of aromatic nitrogens is 2. The first-order valence-electron chi connectivity index (χ1n) is 10.5. The molecule has 0 unspecified atom stereocenters. The predicted octanol–water partition coefficient (Wildman–Crippen LogP) is 3.71. The fraction of sp³-hybridized carbons (Fsp3) is 0.391. The quantitative estimate of drug-likeness (QED) is 0.562. The first-order valence-corrected chi connectivity index (χ1v) is 10.5. The van der Waals surface area contributed by atoms with E-state index in [2.05, 4.69) is 47.0 Å². The fourth-order valence-electron chi connectivity index (χ4n) is 3.76. The summed E-state index contributed by atoms with van der Waals surface area (Å²) in [5, 5.41) is 4.57. The third kappa shape index (κ3) is 4.06. The zero-order valence-corrected chi connectivity index (χ0v) is 17.9. The number of nitrogen functional groups attached to an aromatic ring is 1. The van der Waals surface area contributed by atoms with E-state index >= 15 is 0 Å². The Hall–Kier alpha value is -3.22. The van der Waals surface area contributed by atoms with Crippen molar-refractivity contribution in [1.82, 2.24) is 14.9 Å². The van der Waals surface area contributed by atoms with E-state index in [4.69, 9.17) is 5.73 Å². The molecule has 1 amide bonds. The van der Waals surface area contributed by atoms with Crippen molar-refractivity contribution >= 4 is 34.0 Å². The van der Waals surface area contributed by atoms with Crippen LogP contribution in [0.3, 0.4) is 0 Å². The summed E-state index contributed by atoms with van der Waals surface area (Å²) in [5.74, 6) is 0.975. The van der Waals surface area contributed by atoms with Gasteiger partial charge in [-0.05, 0) is 56.7 Å². The van der Waals surface area contributed by atoms with Crippen LogP contribution in [0.5, 0.6) is 0 Å². The average Bonchev–Trinajstić information content (AvgIpc) is 3.17. The third-order valence-corrected chi connectivity index (χ3v) is 5.89. The number of carbonyl (C=O) groups is 1. The lowest BCUT2D eigenvalue weighted by atomic mass is 10.0. The predicted molar refractivity (Wildman–Crippen MR) is 123 cm³/mol. The molecule has 1 aromatic carbocycles. The minimum absolute atomic E-state index is 0.00537. The first kappa shape index (κ1) is 20.1. The second-order valence-corrected chi connectivity index (χ2v) is 8.55. The highest BCUT2D eigenvalue weighted by molar-refractivity contribution is 5.98. The van der Waals surface area contributed by atoms with Gasteiger partial charge >= 0.3 is 0 Å². The van der Waals surface area contributed by atoms with Crippen LogP contribution < -0.4 is 16.0 Å². The summed E-state index contributed by atoms with van der Waals surface area (Å²) in [4.78, 5) is 25.0. The molecular weight excluding hydrogens is 376 g/mol. The van der Waals surface area contributed by atoms with Gasteiger partial charge in [0.2, 0.25) is 0 Å². The van der Waals surface area contributed by atoms with E-state index in [9.17, 15) is 4.79 Å². The van der Waals surface area contributed by atoms with Crippen LogP contribution in [0.15, 0.2) is 42.6 Å². The molecule has 4 rings (SSSR count). The number of piperazine rings is 1. The number of hydrogen-bond donors (Lipinski definition) is 3. The van der Waals surface area contributed by atoms with Crippen LogP contribution in [0.2, 0.25) is 0 Å². The van der Waals surface area contributed by atoms with Gasteiger partial charge in [0, 0.05) is 54.5 Å². The molecule has 3 aromatic rings. The Bertz CT molecular complexity index is 1050. The second kappa shape index (κ2) is 7.89. The highest BCUT2D eigenvalue weighted by Crippen LogP contribution is 2.28. The van der Waals surface area contributed by atoms with Gasteiger partial charge in [-0.2, -0.15) is 0 Å². The lowest BCUT2D eigenvalue weighted by Gasteiger charge is -2.37. The van der Waals surface area contributed by atoms with Gasteiger partial charge in [-0.1, -0.05) is 6.92 Å². The number of aromatic amines is 1. The smallest absolute Gasteiger partial charge is 0.270 e. The highest BCUT2D eigenvalue weighted by atomic mass is 16.2. The van der Waals surface area contributed by atoms with Crippen molar-refractivity contribution in [2.45, 2.75) is 32.7 Å². The topological polar surface area (TPSA) is 90.3 Å². The Morgan fingerprint density at radius 3 is 2.70 bits per heavy atom. The number of carbonyl (C=O) groups excluding carboxylic acids is 1. The molecule has 1 fully saturated rings. The zero-order valence-electron chi connectivity index (χ0n) is 17.9. The molecule has 0 bridgehead atoms. The van der Waals surface area contributed by atoms with E-state index in [0.717, 1.165) is 41.9 Å². The maximum Gasteiger partial charge on any atom is 0.270 e. The number of rotatable bonds is 5. The van der Waals surface area contributed by atoms with Crippen LogP contribution in [0, 0.1) is 0 Å². The molecule has 4 N–H and O–H groups in total. The molecule has 2 aromatic heterocycles. The van der Waals surface area contributed by atoms with E-state index in [1.807, 2.05) is 41.4 Å². The lowest BCUT2D eigenvalue weighted by Crippen LogP contribution is -2.49. The first-order chi connectivity index (χ1) is 14.4. The van der Waals surface area contributed by atoms with Crippen molar-refractivity contribution in [2.24, 2.45) is 0 Å². The molecule has 1 saturated heterocycles. The number of fused-ring (bicyclic) bond motifs is 1. The van der Waals surface area contributed by atoms with Crippen molar-refractivity contribution < 1.29 is 4.79 Å². The highest BCUT2D eigenvalue weighted by Gasteiger charge is 2.26. The molecule has 7 heteroatoms. The van der Waals surface area contributed by atoms with E-state index in [0.29, 0.717) is 24.5 Å². The van der Waals surface area contributed by atoms with Gasteiger partial charge < -0.3 is 25.8 Å². The Morgan fingerprint density at radius 2 is 1.97 bits per heavy atom. The maximum atomic E-state index is 13.0. The van der Waals surface area contributed by atoms with Crippen LogP contribution >= 0.6 is 0 Å². The summed E-state index contributed by atoms with van der Waals surface area (Å²) in [6, 6.07) is 11.5. The normalized spacial score (nSPS) is 14.9. The van der Waals surface area contributed by atoms with Crippen LogP contribution in [0.25, 0.3) is 10.9 Å². The van der Waals surface area contributed by atoms with Crippen molar-refractivity contribution in [3.05, 3.63) is 48.3 Å². The molecule has 0 spiro atoms. The van der Waals surface area contributed by atoms with Gasteiger partial charge in [-0.25, -0.2) is 4.98 Å². The largest absolute Gasteiger partial charge is 0.399 e. The number of hydrogen-bond acceptors (Lipinski definition) is 5. The Labute approximate surface area is 177 Å². The summed E-state index contributed by atoms with van der Waals surface area (Å²) in [7, 11) is 0. The lowest BCUT2D eigenvalue weighted by molar-refractivity contribution is 0.0741. The molecular formula is C23H30N6O. The molecule has 0 aliphatic carbocycles. The summed E-state index contributed by atoms with van der Waals surface area (Å²) in [6.45, 7) is 9.36. The van der Waals surface area contributed by atoms with Gasteiger partial charge in [0.15, 0.2) is 5.82 Å². The third-order valence-electron chi connectivity index (χ3n) is 5.89. The van der Waals surface area contributed by atoms with E-state index in [1.54, 1.807) is 0 Å². The SMILES string of the molecule is CCC(C)(C)Nc1cccnc1N1CCN(C(=O)c2cc3cc(N)ccc3[nH]2)CC1. The number of nitrogens with two attached hydrogens (primary N) is 1. The number of pyridine rings is 1. The summed E-state index contributed by atoms with van der Waals surface area (Å²) in [5.41, 5.74) is 9.11. The van der Waals surface area contributed by atoms with Crippen LogP contribution in [0.4, 0.5) is 17.2 Å². The maximum absolute atomic E-state index is 13.0. The Kier molecular flexibility index (Phi) is 5.28. The van der Waals surface area contributed by atoms with E-state index < -0.39 is 0 Å². The summed E-state index contributed by atoms with van der Waals surface area (Å²) < 4.78 is 0. The second-order valence-electron chi connectivity index (χ2n) is 8.55. The van der Waals surface area contributed by atoms with E-state index in [-0.39, 0.29) is 11.4 Å². The van der Waals surface area contributed by atoms with Gasteiger partial charge in [0.05, 0.1) is 5.69 Å². The molecule has 0 radical (unpaired) electrons. The Balaban J connectivity index is 1.45. The molecule has 30 heavy (non-hydrogen) atoms. The molecule has 3 heterocycles. The number of nitrogens with zero attached hydrogens (tertiary/aromatic N) is 3. The number of nitrogens with one attached hydrogen (secondary N) is 2. The average molecular weight is 407 g/mol. The van der Waals surface area contributed by atoms with Crippen LogP contribution in [0.1, 0.15) is 37.7 Å². The molecule has 158 valence electrons. The summed E-state index contributed by atoms with van der Waals surface area (Å²) >= 11 is 0. The van der Waals surface area contributed by atoms with Crippen LogP contribution in [-0.4, -0.2) is 52.5 Å². The molecule has 1 aliphatic heterocycles. The minimum Gasteiger partial charge on any atom is -0.399 e. The molecule has 1 aliphatic rings.